The second-order valence-electron chi connectivity index (χ2n) is 7.76. The van der Waals surface area contributed by atoms with Crippen LogP contribution in [-0.2, 0) is 13.1 Å². The topological polar surface area (TPSA) is 28.4 Å². The second kappa shape index (κ2) is 6.80. The molecule has 0 unspecified atom stereocenters. The van der Waals surface area contributed by atoms with Crippen molar-refractivity contribution in [3.8, 4) is 0 Å². The zero-order valence-electron chi connectivity index (χ0n) is 14.8. The van der Waals surface area contributed by atoms with Crippen molar-refractivity contribution in [3.05, 3.63) is 35.8 Å². The molecule has 0 aliphatic heterocycles. The molecule has 0 aromatic carbocycles. The Morgan fingerprint density at radius 2 is 1.86 bits per heavy atom. The molecule has 0 bridgehead atoms. The summed E-state index contributed by atoms with van der Waals surface area (Å²) in [6.07, 6.45) is 1.95. The summed E-state index contributed by atoms with van der Waals surface area (Å²) in [7, 11) is 0. The van der Waals surface area contributed by atoms with E-state index in [0.29, 0.717) is 0 Å². The van der Waals surface area contributed by atoms with E-state index in [1.54, 1.807) is 0 Å². The van der Waals surface area contributed by atoms with Crippen LogP contribution in [0.4, 0.5) is 0 Å². The van der Waals surface area contributed by atoms with Crippen LogP contribution in [0.15, 0.2) is 23.1 Å². The molecule has 1 N–H and O–H groups in total. The summed E-state index contributed by atoms with van der Waals surface area (Å²) in [6.45, 7) is 21.5. The van der Waals surface area contributed by atoms with Crippen LogP contribution in [0.25, 0.3) is 0 Å². The van der Waals surface area contributed by atoms with Crippen molar-refractivity contribution in [1.29, 1.82) is 0 Å². The highest BCUT2D eigenvalue weighted by molar-refractivity contribution is 5.20. The third-order valence-corrected chi connectivity index (χ3v) is 3.50. The highest BCUT2D eigenvalue weighted by Gasteiger charge is 2.22. The third kappa shape index (κ3) is 6.06. The fraction of sp³-hybridized carbons (Fsp3) is 0.667. The largest absolute Gasteiger partial charge is 0.463 e. The van der Waals surface area contributed by atoms with E-state index in [2.05, 4.69) is 71.3 Å². The predicted molar refractivity (Wildman–Crippen MR) is 90.4 cm³/mol. The molecule has 1 rings (SSSR count). The van der Waals surface area contributed by atoms with Crippen molar-refractivity contribution in [2.45, 2.75) is 72.6 Å². The van der Waals surface area contributed by atoms with Crippen molar-refractivity contribution in [2.75, 3.05) is 6.54 Å². The van der Waals surface area contributed by atoms with Gasteiger partial charge in [0.2, 0.25) is 0 Å². The van der Waals surface area contributed by atoms with Crippen molar-refractivity contribution in [1.82, 2.24) is 10.2 Å². The number of nitrogens with zero attached hydrogens (tertiary/aromatic N) is 1. The van der Waals surface area contributed by atoms with E-state index in [1.807, 2.05) is 6.08 Å². The molecule has 0 amide bonds. The Hall–Kier alpha value is -1.06. The molecule has 1 aromatic rings. The normalized spacial score (nSPS) is 13.0. The zero-order valence-corrected chi connectivity index (χ0v) is 14.8. The summed E-state index contributed by atoms with van der Waals surface area (Å²) in [5, 5.41) is 3.48. The fourth-order valence-corrected chi connectivity index (χ4v) is 2.11. The summed E-state index contributed by atoms with van der Waals surface area (Å²) >= 11 is 0. The van der Waals surface area contributed by atoms with Crippen LogP contribution in [0.1, 0.15) is 58.6 Å². The van der Waals surface area contributed by atoms with Crippen LogP contribution in [-0.4, -0.2) is 22.5 Å². The summed E-state index contributed by atoms with van der Waals surface area (Å²) in [6, 6.07) is 2.15. The summed E-state index contributed by atoms with van der Waals surface area (Å²) in [5.41, 5.74) is 1.41. The fourth-order valence-electron chi connectivity index (χ4n) is 2.11. The molecular formula is C18H32N2O. The quantitative estimate of drug-likeness (QED) is 0.794. The Balaban J connectivity index is 2.78. The Morgan fingerprint density at radius 3 is 2.33 bits per heavy atom. The van der Waals surface area contributed by atoms with Gasteiger partial charge in [0.1, 0.15) is 11.5 Å². The molecule has 0 saturated heterocycles. The van der Waals surface area contributed by atoms with Gasteiger partial charge < -0.3 is 9.73 Å². The Bertz CT molecular complexity index is 461. The first-order chi connectivity index (χ1) is 9.53. The van der Waals surface area contributed by atoms with Crippen LogP contribution in [0.5, 0.6) is 0 Å². The van der Waals surface area contributed by atoms with Gasteiger partial charge in [-0.2, -0.15) is 0 Å². The Morgan fingerprint density at radius 1 is 1.24 bits per heavy atom. The third-order valence-electron chi connectivity index (χ3n) is 3.50. The molecule has 3 heteroatoms. The SMILES string of the molecule is C=CCN(Cc1cc(C)c(CNC(C)(C)C)o1)C(C)(C)C. The maximum absolute atomic E-state index is 6.04. The van der Waals surface area contributed by atoms with Gasteiger partial charge in [0, 0.05) is 17.6 Å². The van der Waals surface area contributed by atoms with Crippen LogP contribution in [0.2, 0.25) is 0 Å². The minimum atomic E-state index is 0.0959. The van der Waals surface area contributed by atoms with E-state index in [-0.39, 0.29) is 11.1 Å². The van der Waals surface area contributed by atoms with Crippen LogP contribution in [0.3, 0.4) is 0 Å². The van der Waals surface area contributed by atoms with E-state index in [9.17, 15) is 0 Å². The predicted octanol–water partition coefficient (Wildman–Crippen LogP) is 4.26. The molecule has 0 atom stereocenters. The van der Waals surface area contributed by atoms with E-state index < -0.39 is 0 Å². The van der Waals surface area contributed by atoms with Gasteiger partial charge in [0.25, 0.3) is 0 Å². The van der Waals surface area contributed by atoms with Crippen molar-refractivity contribution in [2.24, 2.45) is 0 Å². The second-order valence-corrected chi connectivity index (χ2v) is 7.76. The maximum Gasteiger partial charge on any atom is 0.120 e. The standard InChI is InChI=1S/C18H32N2O/c1-9-10-20(18(6,7)8)13-15-11-14(2)16(21-15)12-19-17(3,4)5/h9,11,19H,1,10,12-13H2,2-8H3. The van der Waals surface area contributed by atoms with Crippen molar-refractivity contribution < 1.29 is 4.42 Å². The first-order valence-electron chi connectivity index (χ1n) is 7.72. The molecule has 3 nitrogen and oxygen atoms in total. The van der Waals surface area contributed by atoms with Crippen molar-refractivity contribution >= 4 is 0 Å². The van der Waals surface area contributed by atoms with Gasteiger partial charge >= 0.3 is 0 Å². The maximum atomic E-state index is 6.04. The molecule has 1 aromatic heterocycles. The molecule has 0 radical (unpaired) electrons. The van der Waals surface area contributed by atoms with Crippen molar-refractivity contribution in [3.63, 3.8) is 0 Å². The number of rotatable bonds is 6. The van der Waals surface area contributed by atoms with E-state index in [1.165, 1.54) is 5.56 Å². The first-order valence-corrected chi connectivity index (χ1v) is 7.72. The van der Waals surface area contributed by atoms with Gasteiger partial charge in [-0.05, 0) is 60.1 Å². The van der Waals surface area contributed by atoms with Gasteiger partial charge in [-0.1, -0.05) is 6.08 Å². The summed E-state index contributed by atoms with van der Waals surface area (Å²) in [5.74, 6) is 2.06. The Kier molecular flexibility index (Phi) is 5.83. The summed E-state index contributed by atoms with van der Waals surface area (Å²) in [4.78, 5) is 2.36. The van der Waals surface area contributed by atoms with E-state index in [0.717, 1.165) is 31.2 Å². The van der Waals surface area contributed by atoms with Gasteiger partial charge in [0.15, 0.2) is 0 Å². The van der Waals surface area contributed by atoms with Gasteiger partial charge in [-0.3, -0.25) is 4.90 Å². The van der Waals surface area contributed by atoms with Crippen LogP contribution < -0.4 is 5.32 Å². The highest BCUT2D eigenvalue weighted by atomic mass is 16.3. The number of furan rings is 1. The lowest BCUT2D eigenvalue weighted by molar-refractivity contribution is 0.133. The van der Waals surface area contributed by atoms with Crippen LogP contribution >= 0.6 is 0 Å². The molecule has 21 heavy (non-hydrogen) atoms. The van der Waals surface area contributed by atoms with Gasteiger partial charge in [-0.15, -0.1) is 6.58 Å². The van der Waals surface area contributed by atoms with E-state index >= 15 is 0 Å². The zero-order chi connectivity index (χ0) is 16.3. The van der Waals surface area contributed by atoms with Gasteiger partial charge in [0.05, 0.1) is 13.1 Å². The molecular weight excluding hydrogens is 260 g/mol. The lowest BCUT2D eigenvalue weighted by Gasteiger charge is -2.34. The molecule has 0 aliphatic carbocycles. The first kappa shape index (κ1) is 18.0. The average molecular weight is 292 g/mol. The molecule has 0 spiro atoms. The molecule has 0 fully saturated rings. The lowest BCUT2D eigenvalue weighted by Crippen LogP contribution is -2.40. The lowest BCUT2D eigenvalue weighted by atomic mass is 10.1. The number of nitrogens with one attached hydrogen (secondary N) is 1. The molecule has 0 aliphatic rings. The number of hydrogen-bond acceptors (Lipinski definition) is 3. The average Bonchev–Trinajstić information content (AvgIpc) is 2.64. The minimum Gasteiger partial charge on any atom is -0.463 e. The van der Waals surface area contributed by atoms with Gasteiger partial charge in [-0.25, -0.2) is 0 Å². The number of aryl methyl sites for hydroxylation is 1. The molecule has 120 valence electrons. The molecule has 1 heterocycles. The monoisotopic (exact) mass is 292 g/mol. The number of hydrogen-bond donors (Lipinski definition) is 1. The van der Waals surface area contributed by atoms with Crippen LogP contribution in [0, 0.1) is 6.92 Å². The smallest absolute Gasteiger partial charge is 0.120 e. The van der Waals surface area contributed by atoms with E-state index in [4.69, 9.17) is 4.42 Å². The summed E-state index contributed by atoms with van der Waals surface area (Å²) < 4.78 is 6.04. The minimum absolute atomic E-state index is 0.0959. The molecule has 0 saturated carbocycles. The highest BCUT2D eigenvalue weighted by Crippen LogP contribution is 2.21. The Labute approximate surface area is 130 Å².